The number of ether oxygens (including phenoxy) is 1. The van der Waals surface area contributed by atoms with Crippen molar-refractivity contribution < 1.29 is 9.53 Å². The Morgan fingerprint density at radius 1 is 1.24 bits per heavy atom. The summed E-state index contributed by atoms with van der Waals surface area (Å²) in [5.74, 6) is 6.63. The molecular weight excluding hydrogens is 260 g/mol. The van der Waals surface area contributed by atoms with Crippen molar-refractivity contribution in [2.75, 3.05) is 0 Å². The highest BCUT2D eigenvalue weighted by molar-refractivity contribution is 5.97. The molecule has 0 saturated carbocycles. The van der Waals surface area contributed by atoms with Crippen molar-refractivity contribution in [3.8, 4) is 11.8 Å². The maximum Gasteiger partial charge on any atom is 0.165 e. The summed E-state index contributed by atoms with van der Waals surface area (Å²) in [6.07, 6.45) is 5.73. The molecule has 1 unspecified atom stereocenters. The van der Waals surface area contributed by atoms with Gasteiger partial charge in [-0.25, -0.2) is 0 Å². The summed E-state index contributed by atoms with van der Waals surface area (Å²) in [6.45, 7) is 4.41. The van der Waals surface area contributed by atoms with Crippen LogP contribution in [0.25, 0.3) is 0 Å². The summed E-state index contributed by atoms with van der Waals surface area (Å²) < 4.78 is 5.89. The van der Waals surface area contributed by atoms with Crippen LogP contribution in [0.3, 0.4) is 0 Å². The number of Topliss-reactive ketones (excluding diaryl/α,β-unsaturated/α-hetero) is 1. The minimum atomic E-state index is 0.0392. The number of carbonyl (C=O) groups is 1. The lowest BCUT2D eigenvalue weighted by atomic mass is 10.0. The summed E-state index contributed by atoms with van der Waals surface area (Å²) in [5.41, 5.74) is 1.87. The minimum absolute atomic E-state index is 0.0392. The lowest BCUT2D eigenvalue weighted by Gasteiger charge is -2.14. The van der Waals surface area contributed by atoms with Crippen LogP contribution < -0.4 is 0 Å². The molecular formula is C19H24O2. The minimum Gasteiger partial charge on any atom is -0.361 e. The van der Waals surface area contributed by atoms with Crippen molar-refractivity contribution in [3.05, 3.63) is 35.4 Å². The maximum atomic E-state index is 11.9. The van der Waals surface area contributed by atoms with Gasteiger partial charge in [-0.3, -0.25) is 4.79 Å². The average Bonchev–Trinajstić information content (AvgIpc) is 2.46. The fourth-order valence-electron chi connectivity index (χ4n) is 2.40. The summed E-state index contributed by atoms with van der Waals surface area (Å²) >= 11 is 0. The normalized spacial score (nSPS) is 18.5. The van der Waals surface area contributed by atoms with E-state index in [0.717, 1.165) is 24.0 Å². The fraction of sp³-hybridized carbons (Fsp3) is 0.526. The Balaban J connectivity index is 1.89. The monoisotopic (exact) mass is 284 g/mol. The summed E-state index contributed by atoms with van der Waals surface area (Å²) in [6, 6.07) is 7.74. The highest BCUT2D eigenvalue weighted by Crippen LogP contribution is 2.14. The first-order valence-electron chi connectivity index (χ1n) is 7.90. The summed E-state index contributed by atoms with van der Waals surface area (Å²) in [7, 11) is 0. The molecule has 1 aromatic carbocycles. The van der Waals surface area contributed by atoms with Gasteiger partial charge in [0.05, 0.1) is 6.61 Å². The van der Waals surface area contributed by atoms with Crippen molar-refractivity contribution in [3.63, 3.8) is 0 Å². The molecule has 0 aromatic heterocycles. The van der Waals surface area contributed by atoms with Crippen LogP contribution in [0.5, 0.6) is 0 Å². The molecule has 1 atom stereocenters. The van der Waals surface area contributed by atoms with Crippen LogP contribution in [0.1, 0.15) is 61.9 Å². The molecule has 0 amide bonds. The topological polar surface area (TPSA) is 26.3 Å². The van der Waals surface area contributed by atoms with E-state index in [0.29, 0.717) is 6.61 Å². The van der Waals surface area contributed by atoms with Crippen molar-refractivity contribution in [1.82, 2.24) is 0 Å². The van der Waals surface area contributed by atoms with Gasteiger partial charge in [-0.15, -0.1) is 5.92 Å². The predicted molar refractivity (Wildman–Crippen MR) is 85.0 cm³/mol. The molecule has 112 valence electrons. The summed E-state index contributed by atoms with van der Waals surface area (Å²) in [5, 5.41) is 0. The Kier molecular flexibility index (Phi) is 6.02. The third-order valence-corrected chi connectivity index (χ3v) is 3.75. The molecule has 0 fully saturated rings. The molecule has 0 heterocycles. The van der Waals surface area contributed by atoms with Gasteiger partial charge >= 0.3 is 0 Å². The Bertz CT molecular complexity index is 517. The molecule has 2 nitrogen and oxygen atoms in total. The number of carbonyl (C=O) groups excluding carboxylic acids is 1. The molecule has 0 saturated heterocycles. The first-order valence-corrected chi connectivity index (χ1v) is 7.90. The van der Waals surface area contributed by atoms with Crippen LogP contribution in [-0.2, 0) is 11.3 Å². The zero-order chi connectivity index (χ0) is 15.1. The molecule has 0 spiro atoms. The highest BCUT2D eigenvalue weighted by atomic mass is 16.5. The van der Waals surface area contributed by atoms with Crippen molar-refractivity contribution >= 4 is 5.78 Å². The van der Waals surface area contributed by atoms with E-state index < -0.39 is 0 Å². The van der Waals surface area contributed by atoms with E-state index in [1.807, 2.05) is 38.1 Å². The van der Waals surface area contributed by atoms with E-state index in [-0.39, 0.29) is 17.8 Å². The molecule has 0 aliphatic heterocycles. The van der Waals surface area contributed by atoms with Crippen LogP contribution in [0.4, 0.5) is 0 Å². The second-order valence-corrected chi connectivity index (χ2v) is 5.94. The van der Waals surface area contributed by atoms with Gasteiger partial charge in [0.25, 0.3) is 0 Å². The number of benzene rings is 1. The van der Waals surface area contributed by atoms with Crippen molar-refractivity contribution in [2.45, 2.75) is 58.7 Å². The zero-order valence-corrected chi connectivity index (χ0v) is 13.0. The van der Waals surface area contributed by atoms with E-state index in [2.05, 4.69) is 11.8 Å². The third kappa shape index (κ3) is 5.02. The number of ketones is 1. The molecule has 0 bridgehead atoms. The second-order valence-electron chi connectivity index (χ2n) is 5.94. The molecule has 0 radical (unpaired) electrons. The van der Waals surface area contributed by atoms with E-state index in [1.165, 1.54) is 19.3 Å². The van der Waals surface area contributed by atoms with Crippen LogP contribution >= 0.6 is 0 Å². The number of hydrogen-bond acceptors (Lipinski definition) is 2. The largest absolute Gasteiger partial charge is 0.361 e. The SMILES string of the molecule is CC(C)C(=O)c1ccc(COC2C#CCCCCC2)cc1. The second kappa shape index (κ2) is 8.00. The molecule has 2 rings (SSSR count). The molecule has 1 aliphatic carbocycles. The molecule has 1 aliphatic rings. The zero-order valence-electron chi connectivity index (χ0n) is 13.0. The van der Waals surface area contributed by atoms with E-state index in [9.17, 15) is 4.79 Å². The Labute approximate surface area is 127 Å². The van der Waals surface area contributed by atoms with Gasteiger partial charge in [0.2, 0.25) is 0 Å². The standard InChI is InChI=1S/C19H24O2/c1-15(2)19(20)17-12-10-16(11-13-17)14-21-18-8-6-4-3-5-7-9-18/h10-13,15,18H,3-6,8,14H2,1-2H3. The lowest BCUT2D eigenvalue weighted by Crippen LogP contribution is -2.12. The predicted octanol–water partition coefficient (Wildman–Crippen LogP) is 4.38. The van der Waals surface area contributed by atoms with Gasteiger partial charge < -0.3 is 4.74 Å². The van der Waals surface area contributed by atoms with E-state index in [4.69, 9.17) is 4.74 Å². The van der Waals surface area contributed by atoms with Gasteiger partial charge in [0, 0.05) is 17.9 Å². The number of hydrogen-bond donors (Lipinski definition) is 0. The molecule has 1 aromatic rings. The van der Waals surface area contributed by atoms with Crippen molar-refractivity contribution in [2.24, 2.45) is 5.92 Å². The van der Waals surface area contributed by atoms with Gasteiger partial charge in [0.1, 0.15) is 6.10 Å². The first kappa shape index (κ1) is 15.8. The number of rotatable bonds is 5. The summed E-state index contributed by atoms with van der Waals surface area (Å²) in [4.78, 5) is 11.9. The van der Waals surface area contributed by atoms with Crippen LogP contribution in [0.15, 0.2) is 24.3 Å². The first-order chi connectivity index (χ1) is 10.2. The van der Waals surface area contributed by atoms with Gasteiger partial charge in [-0.2, -0.15) is 0 Å². The van der Waals surface area contributed by atoms with Crippen molar-refractivity contribution in [1.29, 1.82) is 0 Å². The maximum absolute atomic E-state index is 11.9. The van der Waals surface area contributed by atoms with Crippen LogP contribution in [0, 0.1) is 17.8 Å². The Morgan fingerprint density at radius 3 is 2.71 bits per heavy atom. The molecule has 2 heteroatoms. The van der Waals surface area contributed by atoms with Gasteiger partial charge in [0.15, 0.2) is 5.78 Å². The van der Waals surface area contributed by atoms with Gasteiger partial charge in [-0.1, -0.05) is 50.5 Å². The third-order valence-electron chi connectivity index (χ3n) is 3.75. The highest BCUT2D eigenvalue weighted by Gasteiger charge is 2.11. The average molecular weight is 284 g/mol. The van der Waals surface area contributed by atoms with Crippen LogP contribution in [-0.4, -0.2) is 11.9 Å². The molecule has 0 N–H and O–H groups in total. The Hall–Kier alpha value is -1.59. The molecule has 21 heavy (non-hydrogen) atoms. The van der Waals surface area contributed by atoms with Crippen LogP contribution in [0.2, 0.25) is 0 Å². The smallest absolute Gasteiger partial charge is 0.165 e. The lowest BCUT2D eigenvalue weighted by molar-refractivity contribution is 0.0703. The quantitative estimate of drug-likeness (QED) is 0.592. The van der Waals surface area contributed by atoms with E-state index in [1.54, 1.807) is 0 Å². The van der Waals surface area contributed by atoms with Gasteiger partial charge in [-0.05, 0) is 24.8 Å². The fourth-order valence-corrected chi connectivity index (χ4v) is 2.40. The Morgan fingerprint density at radius 2 is 2.00 bits per heavy atom. The van der Waals surface area contributed by atoms with E-state index >= 15 is 0 Å².